The highest BCUT2D eigenvalue weighted by atomic mass is 16.5. The second-order valence-corrected chi connectivity index (χ2v) is 4.57. The summed E-state index contributed by atoms with van der Waals surface area (Å²) in [5.74, 6) is 0.459. The maximum absolute atomic E-state index is 12.0. The van der Waals surface area contributed by atoms with Crippen molar-refractivity contribution in [2.45, 2.75) is 0 Å². The third kappa shape index (κ3) is 3.32. The second kappa shape index (κ2) is 6.27. The zero-order chi connectivity index (χ0) is 14.5. The Morgan fingerprint density at radius 1 is 1.19 bits per heavy atom. The van der Waals surface area contributed by atoms with Crippen LogP contribution in [0.15, 0.2) is 36.7 Å². The van der Waals surface area contributed by atoms with Crippen molar-refractivity contribution in [2.75, 3.05) is 36.5 Å². The number of morpholine rings is 1. The van der Waals surface area contributed by atoms with Crippen LogP contribution in [-0.2, 0) is 4.74 Å². The molecule has 1 amide bonds. The number of amides is 1. The van der Waals surface area contributed by atoms with Crippen molar-refractivity contribution in [2.24, 2.45) is 0 Å². The molecule has 0 unspecified atom stereocenters. The second-order valence-electron chi connectivity index (χ2n) is 4.57. The lowest BCUT2D eigenvalue weighted by atomic mass is 10.3. The standard InChI is InChI=1S/C14H15N5O2/c20-14(16-11-2-1-5-15-10-11)12-3-4-13(18-17-12)19-6-8-21-9-7-19/h1-5,10H,6-9H2,(H,16,20). The molecular weight excluding hydrogens is 270 g/mol. The molecule has 2 aromatic heterocycles. The molecule has 1 N–H and O–H groups in total. The summed E-state index contributed by atoms with van der Waals surface area (Å²) in [5, 5.41) is 10.8. The number of aromatic nitrogens is 3. The van der Waals surface area contributed by atoms with E-state index in [2.05, 4.69) is 25.4 Å². The highest BCUT2D eigenvalue weighted by Crippen LogP contribution is 2.12. The minimum atomic E-state index is -0.302. The van der Waals surface area contributed by atoms with Gasteiger partial charge in [0.2, 0.25) is 0 Å². The van der Waals surface area contributed by atoms with Crippen LogP contribution in [-0.4, -0.2) is 47.4 Å². The van der Waals surface area contributed by atoms with Crippen molar-refractivity contribution in [3.8, 4) is 0 Å². The molecule has 108 valence electrons. The molecule has 1 aliphatic rings. The van der Waals surface area contributed by atoms with Gasteiger partial charge in [-0.25, -0.2) is 0 Å². The van der Waals surface area contributed by atoms with Gasteiger partial charge in [0.25, 0.3) is 5.91 Å². The summed E-state index contributed by atoms with van der Waals surface area (Å²) < 4.78 is 5.29. The van der Waals surface area contributed by atoms with Crippen LogP contribution in [0.2, 0.25) is 0 Å². The minimum absolute atomic E-state index is 0.274. The van der Waals surface area contributed by atoms with E-state index in [1.54, 1.807) is 36.7 Å². The molecule has 0 saturated carbocycles. The van der Waals surface area contributed by atoms with Crippen molar-refractivity contribution in [3.05, 3.63) is 42.4 Å². The number of carbonyl (C=O) groups excluding carboxylic acids is 1. The van der Waals surface area contributed by atoms with E-state index in [4.69, 9.17) is 4.74 Å². The number of hydrogen-bond acceptors (Lipinski definition) is 6. The summed E-state index contributed by atoms with van der Waals surface area (Å²) in [6.07, 6.45) is 3.22. The van der Waals surface area contributed by atoms with Gasteiger partial charge in [0, 0.05) is 19.3 Å². The molecule has 0 bridgehead atoms. The van der Waals surface area contributed by atoms with Gasteiger partial charge in [-0.2, -0.15) is 0 Å². The number of rotatable bonds is 3. The van der Waals surface area contributed by atoms with Gasteiger partial charge < -0.3 is 15.0 Å². The Balaban J connectivity index is 1.67. The molecular formula is C14H15N5O2. The molecule has 0 radical (unpaired) electrons. The van der Waals surface area contributed by atoms with Crippen molar-refractivity contribution in [1.29, 1.82) is 0 Å². The molecule has 3 heterocycles. The van der Waals surface area contributed by atoms with Crippen LogP contribution in [0.1, 0.15) is 10.5 Å². The summed E-state index contributed by atoms with van der Waals surface area (Å²) >= 11 is 0. The molecule has 7 nitrogen and oxygen atoms in total. The lowest BCUT2D eigenvalue weighted by Gasteiger charge is -2.27. The summed E-state index contributed by atoms with van der Waals surface area (Å²) in [4.78, 5) is 18.0. The molecule has 3 rings (SSSR count). The van der Waals surface area contributed by atoms with E-state index in [1.807, 2.05) is 0 Å². The molecule has 0 aliphatic carbocycles. The van der Waals surface area contributed by atoms with Crippen LogP contribution in [0.4, 0.5) is 11.5 Å². The van der Waals surface area contributed by atoms with Crippen LogP contribution in [0.5, 0.6) is 0 Å². The monoisotopic (exact) mass is 285 g/mol. The van der Waals surface area contributed by atoms with Gasteiger partial charge in [0.05, 0.1) is 25.1 Å². The van der Waals surface area contributed by atoms with Crippen molar-refractivity contribution < 1.29 is 9.53 Å². The molecule has 2 aromatic rings. The summed E-state index contributed by atoms with van der Waals surface area (Å²) in [5.41, 5.74) is 0.900. The summed E-state index contributed by atoms with van der Waals surface area (Å²) in [6, 6.07) is 6.99. The van der Waals surface area contributed by atoms with Crippen LogP contribution >= 0.6 is 0 Å². The van der Waals surface area contributed by atoms with Crippen LogP contribution in [0, 0.1) is 0 Å². The zero-order valence-electron chi connectivity index (χ0n) is 11.4. The lowest BCUT2D eigenvalue weighted by Crippen LogP contribution is -2.37. The normalized spacial score (nSPS) is 14.8. The maximum atomic E-state index is 12.0. The lowest BCUT2D eigenvalue weighted by molar-refractivity contribution is 0.102. The average molecular weight is 285 g/mol. The van der Waals surface area contributed by atoms with E-state index in [1.165, 1.54) is 0 Å². The topological polar surface area (TPSA) is 80.2 Å². The zero-order valence-corrected chi connectivity index (χ0v) is 11.4. The highest BCUT2D eigenvalue weighted by molar-refractivity contribution is 6.02. The average Bonchev–Trinajstić information content (AvgIpc) is 2.57. The van der Waals surface area contributed by atoms with Crippen molar-refractivity contribution in [1.82, 2.24) is 15.2 Å². The van der Waals surface area contributed by atoms with E-state index < -0.39 is 0 Å². The SMILES string of the molecule is O=C(Nc1cccnc1)c1ccc(N2CCOCC2)nn1. The molecule has 21 heavy (non-hydrogen) atoms. The first kappa shape index (κ1) is 13.4. The smallest absolute Gasteiger partial charge is 0.276 e. The summed E-state index contributed by atoms with van der Waals surface area (Å²) in [7, 11) is 0. The minimum Gasteiger partial charge on any atom is -0.378 e. The first-order valence-corrected chi connectivity index (χ1v) is 6.71. The molecule has 1 fully saturated rings. The number of carbonyl (C=O) groups is 1. The van der Waals surface area contributed by atoms with Gasteiger partial charge in [-0.3, -0.25) is 9.78 Å². The van der Waals surface area contributed by atoms with Crippen LogP contribution in [0.3, 0.4) is 0 Å². The van der Waals surface area contributed by atoms with E-state index in [9.17, 15) is 4.79 Å². The van der Waals surface area contributed by atoms with Gasteiger partial charge in [0.15, 0.2) is 11.5 Å². The van der Waals surface area contributed by atoms with E-state index in [0.717, 1.165) is 18.9 Å². The number of nitrogens with one attached hydrogen (secondary N) is 1. The van der Waals surface area contributed by atoms with Gasteiger partial charge in [-0.15, -0.1) is 10.2 Å². The third-order valence-electron chi connectivity index (χ3n) is 3.14. The Bertz CT molecular complexity index is 597. The third-order valence-corrected chi connectivity index (χ3v) is 3.14. The van der Waals surface area contributed by atoms with Gasteiger partial charge >= 0.3 is 0 Å². The fourth-order valence-corrected chi connectivity index (χ4v) is 2.04. The van der Waals surface area contributed by atoms with E-state index in [-0.39, 0.29) is 11.6 Å². The fraction of sp³-hybridized carbons (Fsp3) is 0.286. The number of anilines is 2. The van der Waals surface area contributed by atoms with Crippen molar-refractivity contribution in [3.63, 3.8) is 0 Å². The Morgan fingerprint density at radius 3 is 2.71 bits per heavy atom. The number of ether oxygens (including phenoxy) is 1. The maximum Gasteiger partial charge on any atom is 0.276 e. The number of hydrogen-bond donors (Lipinski definition) is 1. The molecule has 7 heteroatoms. The van der Waals surface area contributed by atoms with Crippen LogP contribution < -0.4 is 10.2 Å². The Kier molecular flexibility index (Phi) is 4.02. The quantitative estimate of drug-likeness (QED) is 0.904. The highest BCUT2D eigenvalue weighted by Gasteiger charge is 2.14. The predicted molar refractivity (Wildman–Crippen MR) is 77.3 cm³/mol. The van der Waals surface area contributed by atoms with Crippen molar-refractivity contribution >= 4 is 17.4 Å². The number of nitrogens with zero attached hydrogens (tertiary/aromatic N) is 4. The molecule has 1 aliphatic heterocycles. The van der Waals surface area contributed by atoms with Gasteiger partial charge in [0.1, 0.15) is 0 Å². The Morgan fingerprint density at radius 2 is 2.05 bits per heavy atom. The Labute approximate surface area is 122 Å². The summed E-state index contributed by atoms with van der Waals surface area (Å²) in [6.45, 7) is 2.95. The Hall–Kier alpha value is -2.54. The number of pyridine rings is 1. The molecule has 0 spiro atoms. The van der Waals surface area contributed by atoms with Gasteiger partial charge in [-0.05, 0) is 24.3 Å². The van der Waals surface area contributed by atoms with Crippen LogP contribution in [0.25, 0.3) is 0 Å². The largest absolute Gasteiger partial charge is 0.378 e. The van der Waals surface area contributed by atoms with Gasteiger partial charge in [-0.1, -0.05) is 0 Å². The fourth-order valence-electron chi connectivity index (χ4n) is 2.04. The van der Waals surface area contributed by atoms with E-state index in [0.29, 0.717) is 18.9 Å². The first-order valence-electron chi connectivity index (χ1n) is 6.71. The molecule has 1 saturated heterocycles. The molecule has 0 aromatic carbocycles. The predicted octanol–water partition coefficient (Wildman–Crippen LogP) is 0.960. The molecule has 0 atom stereocenters. The first-order chi connectivity index (χ1) is 10.3. The van der Waals surface area contributed by atoms with E-state index >= 15 is 0 Å².